The minimum absolute atomic E-state index is 0.397. The number of hydrogen-bond donors (Lipinski definition) is 3. The Labute approximate surface area is 143 Å². The molecule has 2 aromatic rings. The summed E-state index contributed by atoms with van der Waals surface area (Å²) in [5.74, 6) is 0.461. The van der Waals surface area contributed by atoms with Gasteiger partial charge in [-0.1, -0.05) is 0 Å². The van der Waals surface area contributed by atoms with E-state index < -0.39 is 5.91 Å². The van der Waals surface area contributed by atoms with E-state index in [9.17, 15) is 4.79 Å². The summed E-state index contributed by atoms with van der Waals surface area (Å²) >= 11 is 2.90. The number of aromatic nitrogens is 1. The van der Waals surface area contributed by atoms with Crippen molar-refractivity contribution in [3.05, 3.63) is 10.9 Å². The van der Waals surface area contributed by atoms with Crippen LogP contribution in [-0.4, -0.2) is 43.3 Å². The lowest BCUT2D eigenvalue weighted by Gasteiger charge is -2.32. The second-order valence-corrected chi connectivity index (χ2v) is 7.47. The van der Waals surface area contributed by atoms with Gasteiger partial charge in [0.1, 0.15) is 15.5 Å². The number of thioether (sulfide) groups is 1. The lowest BCUT2D eigenvalue weighted by atomic mass is 10.1. The van der Waals surface area contributed by atoms with Crippen LogP contribution >= 0.6 is 23.1 Å². The molecule has 0 unspecified atom stereocenters. The number of anilines is 2. The fourth-order valence-corrected chi connectivity index (χ4v) is 4.64. The molecule has 0 spiro atoms. The Hall–Kier alpha value is -1.51. The fraction of sp³-hybridized carbons (Fsp3) is 0.467. The highest BCUT2D eigenvalue weighted by Crippen LogP contribution is 2.40. The molecule has 3 heterocycles. The van der Waals surface area contributed by atoms with E-state index in [4.69, 9.17) is 16.5 Å². The number of nitrogens with two attached hydrogens (primary N) is 2. The Bertz CT molecular complexity index is 737. The van der Waals surface area contributed by atoms with E-state index in [1.54, 1.807) is 11.8 Å². The van der Waals surface area contributed by atoms with Crippen molar-refractivity contribution in [3.63, 3.8) is 0 Å². The first-order valence-corrected chi connectivity index (χ1v) is 9.58. The number of amides is 1. The van der Waals surface area contributed by atoms with Crippen LogP contribution in [-0.2, 0) is 0 Å². The van der Waals surface area contributed by atoms with Crippen molar-refractivity contribution in [2.75, 3.05) is 37.0 Å². The van der Waals surface area contributed by atoms with Crippen molar-refractivity contribution >= 4 is 50.7 Å². The first-order chi connectivity index (χ1) is 11.0. The zero-order valence-corrected chi connectivity index (χ0v) is 14.9. The number of nitrogens with zero attached hydrogens (tertiary/aromatic N) is 2. The summed E-state index contributed by atoms with van der Waals surface area (Å²) < 4.78 is 0. The smallest absolute Gasteiger partial charge is 0.260 e. The third-order valence-corrected chi connectivity index (χ3v) is 6.20. The number of carbonyl (C=O) groups excluding carboxylic acids is 1. The molecule has 1 fully saturated rings. The molecule has 6 nitrogen and oxygen atoms in total. The standard InChI is InChI=1S/C15H21N5OS2/c1-18-8-3-5-20(6-4-8)10-7-9(22-2)11-12(16)13(14(17)21)23-15(11)19-10/h7-8,18H,3-6,16H2,1-2H3,(H2,17,21). The molecule has 2 aromatic heterocycles. The molecule has 1 aliphatic rings. The first-order valence-electron chi connectivity index (χ1n) is 7.54. The Balaban J connectivity index is 2.01. The summed E-state index contributed by atoms with van der Waals surface area (Å²) in [4.78, 5) is 20.8. The van der Waals surface area contributed by atoms with Gasteiger partial charge in [-0.15, -0.1) is 23.1 Å². The van der Waals surface area contributed by atoms with Crippen LogP contribution in [0, 0.1) is 0 Å². The number of fused-ring (bicyclic) bond motifs is 1. The highest BCUT2D eigenvalue weighted by Gasteiger charge is 2.23. The molecule has 124 valence electrons. The summed E-state index contributed by atoms with van der Waals surface area (Å²) in [6, 6.07) is 2.65. The van der Waals surface area contributed by atoms with E-state index in [2.05, 4.69) is 16.3 Å². The number of piperidine rings is 1. The van der Waals surface area contributed by atoms with Crippen molar-refractivity contribution in [1.82, 2.24) is 10.3 Å². The zero-order valence-electron chi connectivity index (χ0n) is 13.3. The minimum atomic E-state index is -0.492. The highest BCUT2D eigenvalue weighted by molar-refractivity contribution is 7.98. The minimum Gasteiger partial charge on any atom is -0.397 e. The van der Waals surface area contributed by atoms with E-state index in [0.29, 0.717) is 16.6 Å². The maximum atomic E-state index is 11.5. The second-order valence-electron chi connectivity index (χ2n) is 5.62. The van der Waals surface area contributed by atoms with Gasteiger partial charge in [0.05, 0.1) is 5.69 Å². The number of hydrogen-bond acceptors (Lipinski definition) is 7. The van der Waals surface area contributed by atoms with Crippen molar-refractivity contribution in [1.29, 1.82) is 0 Å². The van der Waals surface area contributed by atoms with Crippen LogP contribution < -0.4 is 21.7 Å². The summed E-state index contributed by atoms with van der Waals surface area (Å²) in [6.07, 6.45) is 4.21. The molecular weight excluding hydrogens is 330 g/mol. The number of nitrogen functional groups attached to an aromatic ring is 1. The van der Waals surface area contributed by atoms with Crippen LogP contribution in [0.5, 0.6) is 0 Å². The van der Waals surface area contributed by atoms with Gasteiger partial charge >= 0.3 is 0 Å². The summed E-state index contributed by atoms with van der Waals surface area (Å²) in [5, 5.41) is 4.19. The molecule has 0 aliphatic carbocycles. The quantitative estimate of drug-likeness (QED) is 0.728. The van der Waals surface area contributed by atoms with E-state index in [-0.39, 0.29) is 0 Å². The van der Waals surface area contributed by atoms with Crippen LogP contribution in [0.15, 0.2) is 11.0 Å². The summed E-state index contributed by atoms with van der Waals surface area (Å²) in [5.41, 5.74) is 12.0. The molecule has 0 saturated carbocycles. The van der Waals surface area contributed by atoms with Crippen molar-refractivity contribution < 1.29 is 4.79 Å². The van der Waals surface area contributed by atoms with Gasteiger partial charge in [0.15, 0.2) is 0 Å². The van der Waals surface area contributed by atoms with Crippen molar-refractivity contribution in [2.24, 2.45) is 5.73 Å². The number of primary amides is 1. The van der Waals surface area contributed by atoms with E-state index in [0.717, 1.165) is 46.9 Å². The average Bonchev–Trinajstić information content (AvgIpc) is 2.91. The maximum absolute atomic E-state index is 11.5. The van der Waals surface area contributed by atoms with Crippen LogP contribution in [0.2, 0.25) is 0 Å². The Morgan fingerprint density at radius 3 is 2.74 bits per heavy atom. The second kappa shape index (κ2) is 6.54. The molecule has 0 radical (unpaired) electrons. The van der Waals surface area contributed by atoms with E-state index >= 15 is 0 Å². The SMILES string of the molecule is CNC1CCN(c2cc(SC)c3c(N)c(C(N)=O)sc3n2)CC1. The molecule has 0 aromatic carbocycles. The first kappa shape index (κ1) is 16.4. The molecular formula is C15H21N5OS2. The van der Waals surface area contributed by atoms with Crippen LogP contribution in [0.1, 0.15) is 22.5 Å². The summed E-state index contributed by atoms with van der Waals surface area (Å²) in [6.45, 7) is 1.95. The third kappa shape index (κ3) is 2.98. The number of nitrogens with one attached hydrogen (secondary N) is 1. The van der Waals surface area contributed by atoms with E-state index in [1.807, 2.05) is 13.3 Å². The average molecular weight is 352 g/mol. The van der Waals surface area contributed by atoms with Gasteiger partial charge in [-0.05, 0) is 32.2 Å². The molecule has 5 N–H and O–H groups in total. The lowest BCUT2D eigenvalue weighted by molar-refractivity contribution is 0.100. The number of thiophene rings is 1. The van der Waals surface area contributed by atoms with Crippen LogP contribution in [0.4, 0.5) is 11.5 Å². The van der Waals surface area contributed by atoms with Crippen LogP contribution in [0.25, 0.3) is 10.2 Å². The monoisotopic (exact) mass is 351 g/mol. The Morgan fingerprint density at radius 1 is 1.48 bits per heavy atom. The van der Waals surface area contributed by atoms with Gasteiger partial charge < -0.3 is 21.7 Å². The Morgan fingerprint density at radius 2 is 2.17 bits per heavy atom. The number of carbonyl (C=O) groups is 1. The summed E-state index contributed by atoms with van der Waals surface area (Å²) in [7, 11) is 2.01. The van der Waals surface area contributed by atoms with Crippen LogP contribution in [0.3, 0.4) is 0 Å². The lowest BCUT2D eigenvalue weighted by Crippen LogP contribution is -2.41. The third-order valence-electron chi connectivity index (χ3n) is 4.32. The maximum Gasteiger partial charge on any atom is 0.260 e. The largest absolute Gasteiger partial charge is 0.397 e. The molecule has 0 atom stereocenters. The predicted octanol–water partition coefficient (Wildman–Crippen LogP) is 1.89. The van der Waals surface area contributed by atoms with E-state index in [1.165, 1.54) is 11.3 Å². The van der Waals surface area contributed by atoms with Gasteiger partial charge in [0.25, 0.3) is 5.91 Å². The number of pyridine rings is 1. The highest BCUT2D eigenvalue weighted by atomic mass is 32.2. The van der Waals surface area contributed by atoms with Crippen molar-refractivity contribution in [3.8, 4) is 0 Å². The van der Waals surface area contributed by atoms with Gasteiger partial charge in [-0.2, -0.15) is 0 Å². The van der Waals surface area contributed by atoms with Gasteiger partial charge in [0, 0.05) is 29.4 Å². The van der Waals surface area contributed by atoms with Gasteiger partial charge in [-0.3, -0.25) is 4.79 Å². The normalized spacial score (nSPS) is 16.2. The van der Waals surface area contributed by atoms with Crippen molar-refractivity contribution in [2.45, 2.75) is 23.8 Å². The zero-order chi connectivity index (χ0) is 16.6. The topological polar surface area (TPSA) is 97.3 Å². The van der Waals surface area contributed by atoms with Gasteiger partial charge in [0.2, 0.25) is 0 Å². The molecule has 1 amide bonds. The molecule has 0 bridgehead atoms. The van der Waals surface area contributed by atoms with Gasteiger partial charge in [-0.25, -0.2) is 4.98 Å². The predicted molar refractivity (Wildman–Crippen MR) is 98.6 cm³/mol. The molecule has 1 aliphatic heterocycles. The Kier molecular flexibility index (Phi) is 4.65. The fourth-order valence-electron chi connectivity index (χ4n) is 2.98. The number of rotatable bonds is 4. The molecule has 23 heavy (non-hydrogen) atoms. The molecule has 1 saturated heterocycles. The molecule has 3 rings (SSSR count). The molecule has 8 heteroatoms.